The zero-order valence-electron chi connectivity index (χ0n) is 14.5. The molecule has 1 amide bonds. The molecule has 1 aliphatic heterocycles. The summed E-state index contributed by atoms with van der Waals surface area (Å²) in [7, 11) is 0. The Kier molecular flexibility index (Phi) is 4.03. The van der Waals surface area contributed by atoms with Crippen molar-refractivity contribution in [1.29, 1.82) is 0 Å². The van der Waals surface area contributed by atoms with Crippen molar-refractivity contribution in [3.63, 3.8) is 0 Å². The van der Waals surface area contributed by atoms with Gasteiger partial charge in [0, 0.05) is 19.0 Å². The summed E-state index contributed by atoms with van der Waals surface area (Å²) in [4.78, 5) is 22.8. The Balaban J connectivity index is 1.58. The summed E-state index contributed by atoms with van der Waals surface area (Å²) in [6, 6.07) is 9.67. The number of H-pyrrole nitrogens is 1. The number of amides is 1. The van der Waals surface area contributed by atoms with Crippen molar-refractivity contribution in [1.82, 2.24) is 20.0 Å². The Hall–Kier alpha value is -2.63. The molecule has 0 saturated carbocycles. The molecule has 0 spiro atoms. The first-order valence-electron chi connectivity index (χ1n) is 8.83. The van der Waals surface area contributed by atoms with E-state index in [4.69, 9.17) is 4.52 Å². The lowest BCUT2D eigenvalue weighted by molar-refractivity contribution is 0.0720. The van der Waals surface area contributed by atoms with Gasteiger partial charge in [-0.1, -0.05) is 31.1 Å². The highest BCUT2D eigenvalue weighted by Crippen LogP contribution is 2.32. The fourth-order valence-corrected chi connectivity index (χ4v) is 3.48. The van der Waals surface area contributed by atoms with Gasteiger partial charge in [0.2, 0.25) is 0 Å². The highest BCUT2D eigenvalue weighted by molar-refractivity contribution is 5.92. The molecule has 0 bridgehead atoms. The molecule has 0 unspecified atom stereocenters. The molecule has 0 aliphatic carbocycles. The second-order valence-electron chi connectivity index (χ2n) is 7.07. The largest absolute Gasteiger partial charge is 0.361 e. The number of hydrogen-bond donors (Lipinski definition) is 1. The maximum Gasteiger partial charge on any atom is 0.276 e. The summed E-state index contributed by atoms with van der Waals surface area (Å²) >= 11 is 0. The van der Waals surface area contributed by atoms with Crippen LogP contribution in [-0.4, -0.2) is 32.5 Å². The lowest BCUT2D eigenvalue weighted by Gasteiger charge is -2.21. The van der Waals surface area contributed by atoms with E-state index >= 15 is 0 Å². The van der Waals surface area contributed by atoms with Crippen molar-refractivity contribution in [3.8, 4) is 0 Å². The molecule has 1 atom stereocenters. The first-order valence-corrected chi connectivity index (χ1v) is 8.83. The highest BCUT2D eigenvalue weighted by Gasteiger charge is 2.34. The maximum absolute atomic E-state index is 12.9. The van der Waals surface area contributed by atoms with Gasteiger partial charge >= 0.3 is 0 Å². The van der Waals surface area contributed by atoms with E-state index < -0.39 is 0 Å². The number of para-hydroxylation sites is 2. The van der Waals surface area contributed by atoms with Crippen LogP contribution in [0.2, 0.25) is 0 Å². The van der Waals surface area contributed by atoms with Gasteiger partial charge in [0.05, 0.1) is 17.1 Å². The lowest BCUT2D eigenvalue weighted by atomic mass is 10.1. The van der Waals surface area contributed by atoms with Crippen LogP contribution in [0, 0.1) is 5.92 Å². The van der Waals surface area contributed by atoms with Crippen molar-refractivity contribution in [2.24, 2.45) is 5.92 Å². The van der Waals surface area contributed by atoms with Crippen LogP contribution in [0.5, 0.6) is 0 Å². The minimum atomic E-state index is -0.0817. The second-order valence-corrected chi connectivity index (χ2v) is 7.07. The average Bonchev–Trinajstić information content (AvgIpc) is 3.31. The first kappa shape index (κ1) is 15.9. The Labute approximate surface area is 146 Å². The number of hydrogen-bond acceptors (Lipinski definition) is 4. The summed E-state index contributed by atoms with van der Waals surface area (Å²) in [5.41, 5.74) is 2.31. The molecule has 6 nitrogen and oxygen atoms in total. The van der Waals surface area contributed by atoms with Crippen LogP contribution in [0.25, 0.3) is 11.0 Å². The van der Waals surface area contributed by atoms with E-state index in [9.17, 15) is 4.79 Å². The van der Waals surface area contributed by atoms with Gasteiger partial charge in [0.1, 0.15) is 11.6 Å². The number of fused-ring (bicyclic) bond motifs is 1. The van der Waals surface area contributed by atoms with E-state index in [-0.39, 0.29) is 11.9 Å². The Morgan fingerprint density at radius 1 is 1.40 bits per heavy atom. The van der Waals surface area contributed by atoms with Gasteiger partial charge in [-0.2, -0.15) is 0 Å². The zero-order valence-corrected chi connectivity index (χ0v) is 14.5. The monoisotopic (exact) mass is 338 g/mol. The van der Waals surface area contributed by atoms with Crippen LogP contribution in [0.15, 0.2) is 34.9 Å². The molecule has 3 aromatic rings. The van der Waals surface area contributed by atoms with Crippen LogP contribution < -0.4 is 0 Å². The molecule has 4 rings (SSSR count). The van der Waals surface area contributed by atoms with Gasteiger partial charge in [-0.05, 0) is 30.9 Å². The fraction of sp³-hybridized carbons (Fsp3) is 0.421. The fourth-order valence-electron chi connectivity index (χ4n) is 3.48. The van der Waals surface area contributed by atoms with E-state index in [0.29, 0.717) is 18.2 Å². The molecule has 1 fully saturated rings. The standard InChI is InChI=1S/C19H22N4O2/c1-12(2)10-13-11-16(22-25-13)19(24)23-9-5-8-17(23)18-20-14-6-3-4-7-15(14)21-18/h3-4,6-7,11-12,17H,5,8-10H2,1-2H3,(H,20,21)/t17-/m1/s1. The Morgan fingerprint density at radius 2 is 2.24 bits per heavy atom. The topological polar surface area (TPSA) is 75.0 Å². The minimum Gasteiger partial charge on any atom is -0.361 e. The van der Waals surface area contributed by atoms with Crippen LogP contribution in [0.1, 0.15) is 54.8 Å². The second kappa shape index (κ2) is 6.35. The third-order valence-electron chi connectivity index (χ3n) is 4.62. The van der Waals surface area contributed by atoms with Gasteiger partial charge in [-0.3, -0.25) is 4.79 Å². The number of benzene rings is 1. The highest BCUT2D eigenvalue weighted by atomic mass is 16.5. The van der Waals surface area contributed by atoms with E-state index in [1.54, 1.807) is 6.07 Å². The number of aromatic nitrogens is 3. The first-order chi connectivity index (χ1) is 12.1. The number of carbonyl (C=O) groups excluding carboxylic acids is 1. The lowest BCUT2D eigenvalue weighted by Crippen LogP contribution is -2.31. The van der Waals surface area contributed by atoms with Gasteiger partial charge in [-0.25, -0.2) is 4.98 Å². The Morgan fingerprint density at radius 3 is 3.04 bits per heavy atom. The van der Waals surface area contributed by atoms with Crippen LogP contribution in [-0.2, 0) is 6.42 Å². The molecule has 1 N–H and O–H groups in total. The van der Waals surface area contributed by atoms with Crippen LogP contribution >= 0.6 is 0 Å². The van der Waals surface area contributed by atoms with Gasteiger partial charge in [0.25, 0.3) is 5.91 Å². The van der Waals surface area contributed by atoms with Crippen molar-refractivity contribution >= 4 is 16.9 Å². The Bertz CT molecular complexity index is 863. The molecule has 1 saturated heterocycles. The van der Waals surface area contributed by atoms with Gasteiger partial charge < -0.3 is 14.4 Å². The zero-order chi connectivity index (χ0) is 17.4. The number of nitrogens with zero attached hydrogens (tertiary/aromatic N) is 3. The predicted octanol–water partition coefficient (Wildman–Crippen LogP) is 3.73. The SMILES string of the molecule is CC(C)Cc1cc(C(=O)N2CCC[C@@H]2c2nc3ccccc3[nH]2)no1. The average molecular weight is 338 g/mol. The summed E-state index contributed by atoms with van der Waals surface area (Å²) in [5, 5.41) is 3.99. The van der Waals surface area contributed by atoms with Gasteiger partial charge in [0.15, 0.2) is 5.69 Å². The van der Waals surface area contributed by atoms with E-state index in [2.05, 4.69) is 29.0 Å². The van der Waals surface area contributed by atoms with Crippen LogP contribution in [0.3, 0.4) is 0 Å². The predicted molar refractivity (Wildman–Crippen MR) is 94.2 cm³/mol. The van der Waals surface area contributed by atoms with Crippen molar-refractivity contribution in [3.05, 3.63) is 47.6 Å². The summed E-state index contributed by atoms with van der Waals surface area (Å²) < 4.78 is 5.32. The smallest absolute Gasteiger partial charge is 0.276 e. The molecule has 1 aromatic carbocycles. The number of aromatic amines is 1. The number of imidazole rings is 1. The molecular formula is C19H22N4O2. The molecular weight excluding hydrogens is 316 g/mol. The van der Waals surface area contributed by atoms with Crippen molar-refractivity contribution in [2.75, 3.05) is 6.54 Å². The number of likely N-dealkylation sites (tertiary alicyclic amines) is 1. The summed E-state index contributed by atoms with van der Waals surface area (Å²) in [6.45, 7) is 4.94. The maximum atomic E-state index is 12.9. The third kappa shape index (κ3) is 3.04. The van der Waals surface area contributed by atoms with Gasteiger partial charge in [-0.15, -0.1) is 0 Å². The molecule has 130 valence electrons. The molecule has 1 aliphatic rings. The minimum absolute atomic E-state index is 0.0369. The molecule has 0 radical (unpaired) electrons. The normalized spacial score (nSPS) is 17.7. The van der Waals surface area contributed by atoms with Crippen LogP contribution in [0.4, 0.5) is 0 Å². The number of rotatable bonds is 4. The number of carbonyl (C=O) groups is 1. The third-order valence-corrected chi connectivity index (χ3v) is 4.62. The van der Waals surface area contributed by atoms with E-state index in [1.165, 1.54) is 0 Å². The van der Waals surface area contributed by atoms with Crippen molar-refractivity contribution < 1.29 is 9.32 Å². The van der Waals surface area contributed by atoms with Crippen molar-refractivity contribution in [2.45, 2.75) is 39.2 Å². The molecule has 6 heteroatoms. The molecule has 25 heavy (non-hydrogen) atoms. The molecule has 2 aromatic heterocycles. The summed E-state index contributed by atoms with van der Waals surface area (Å²) in [6.07, 6.45) is 2.65. The van der Waals surface area contributed by atoms with E-state index in [1.807, 2.05) is 29.2 Å². The quantitative estimate of drug-likeness (QED) is 0.786. The molecule has 3 heterocycles. The van der Waals surface area contributed by atoms with E-state index in [0.717, 1.165) is 41.9 Å². The number of nitrogens with one attached hydrogen (secondary N) is 1. The summed E-state index contributed by atoms with van der Waals surface area (Å²) in [5.74, 6) is 1.99.